The maximum Gasteiger partial charge on any atom is 0.230 e. The third-order valence-corrected chi connectivity index (χ3v) is 4.12. The average Bonchev–Trinajstić information content (AvgIpc) is 2.44. The SMILES string of the molecule is CC(C)(Cc1ccccc1)C(=O)Nc1cccc(Cl)c1Cl. The second-order valence-corrected chi connectivity index (χ2v) is 6.39. The van der Waals surface area contributed by atoms with E-state index in [1.807, 2.05) is 44.2 Å². The largest absolute Gasteiger partial charge is 0.324 e. The normalized spacial score (nSPS) is 11.2. The van der Waals surface area contributed by atoms with Crippen molar-refractivity contribution in [1.82, 2.24) is 0 Å². The van der Waals surface area contributed by atoms with Gasteiger partial charge >= 0.3 is 0 Å². The number of nitrogens with one attached hydrogen (secondary N) is 1. The van der Waals surface area contributed by atoms with Crippen LogP contribution in [0.25, 0.3) is 0 Å². The third kappa shape index (κ3) is 3.99. The Bertz CT molecular complexity index is 638. The van der Waals surface area contributed by atoms with Gasteiger partial charge in [0.2, 0.25) is 5.91 Å². The smallest absolute Gasteiger partial charge is 0.230 e. The Balaban J connectivity index is 2.13. The quantitative estimate of drug-likeness (QED) is 0.823. The zero-order valence-electron chi connectivity index (χ0n) is 12.0. The highest BCUT2D eigenvalue weighted by Crippen LogP contribution is 2.31. The molecule has 0 aliphatic carbocycles. The number of hydrogen-bond acceptors (Lipinski definition) is 1. The molecular formula is C17H17Cl2NO. The standard InChI is InChI=1S/C17H17Cl2NO/c1-17(2,11-12-7-4-3-5-8-12)16(21)20-14-10-6-9-13(18)15(14)19/h3-10H,11H2,1-2H3,(H,20,21). The molecule has 21 heavy (non-hydrogen) atoms. The molecule has 0 aliphatic rings. The summed E-state index contributed by atoms with van der Waals surface area (Å²) in [6.45, 7) is 3.82. The van der Waals surface area contributed by atoms with E-state index in [1.54, 1.807) is 18.2 Å². The minimum atomic E-state index is -0.549. The summed E-state index contributed by atoms with van der Waals surface area (Å²) >= 11 is 12.1. The van der Waals surface area contributed by atoms with Gasteiger partial charge in [-0.25, -0.2) is 0 Å². The molecule has 0 spiro atoms. The predicted octanol–water partition coefficient (Wildman–Crippen LogP) is 5.20. The van der Waals surface area contributed by atoms with E-state index in [2.05, 4.69) is 5.32 Å². The van der Waals surface area contributed by atoms with Crippen molar-refractivity contribution in [2.75, 3.05) is 5.32 Å². The van der Waals surface area contributed by atoms with Crippen molar-refractivity contribution in [3.05, 3.63) is 64.1 Å². The van der Waals surface area contributed by atoms with E-state index in [0.29, 0.717) is 22.2 Å². The molecule has 110 valence electrons. The minimum Gasteiger partial charge on any atom is -0.324 e. The van der Waals surface area contributed by atoms with Crippen molar-refractivity contribution in [3.63, 3.8) is 0 Å². The molecule has 2 aromatic carbocycles. The number of carbonyl (C=O) groups excluding carboxylic acids is 1. The van der Waals surface area contributed by atoms with E-state index in [4.69, 9.17) is 23.2 Å². The number of anilines is 1. The molecule has 0 unspecified atom stereocenters. The first-order valence-corrected chi connectivity index (χ1v) is 7.45. The molecule has 1 N–H and O–H groups in total. The summed E-state index contributed by atoms with van der Waals surface area (Å²) in [7, 11) is 0. The maximum atomic E-state index is 12.5. The monoisotopic (exact) mass is 321 g/mol. The first-order valence-electron chi connectivity index (χ1n) is 6.69. The second-order valence-electron chi connectivity index (χ2n) is 5.60. The summed E-state index contributed by atoms with van der Waals surface area (Å²) < 4.78 is 0. The van der Waals surface area contributed by atoms with Gasteiger partial charge in [-0.3, -0.25) is 4.79 Å². The fourth-order valence-electron chi connectivity index (χ4n) is 2.08. The Labute approximate surface area is 135 Å². The van der Waals surface area contributed by atoms with Crippen molar-refractivity contribution < 1.29 is 4.79 Å². The molecule has 0 fully saturated rings. The number of amides is 1. The zero-order chi connectivity index (χ0) is 15.5. The summed E-state index contributed by atoms with van der Waals surface area (Å²) in [5.74, 6) is -0.0875. The van der Waals surface area contributed by atoms with Gasteiger partial charge in [0.25, 0.3) is 0 Å². The van der Waals surface area contributed by atoms with Crippen LogP contribution in [0.4, 0.5) is 5.69 Å². The van der Waals surface area contributed by atoms with E-state index in [9.17, 15) is 4.79 Å². The van der Waals surface area contributed by atoms with Crippen molar-refractivity contribution in [2.24, 2.45) is 5.41 Å². The molecule has 0 heterocycles. The second kappa shape index (κ2) is 6.50. The van der Waals surface area contributed by atoms with Crippen LogP contribution in [0.5, 0.6) is 0 Å². The fraction of sp³-hybridized carbons (Fsp3) is 0.235. The van der Waals surface area contributed by atoms with Crippen LogP contribution < -0.4 is 5.32 Å². The van der Waals surface area contributed by atoms with Gasteiger partial charge in [-0.2, -0.15) is 0 Å². The van der Waals surface area contributed by atoms with Crippen LogP contribution in [0.1, 0.15) is 19.4 Å². The summed E-state index contributed by atoms with van der Waals surface area (Å²) in [5, 5.41) is 3.65. The summed E-state index contributed by atoms with van der Waals surface area (Å²) in [5.41, 5.74) is 1.11. The molecule has 1 amide bonds. The highest BCUT2D eigenvalue weighted by Gasteiger charge is 2.28. The van der Waals surface area contributed by atoms with Gasteiger partial charge in [-0.15, -0.1) is 0 Å². The van der Waals surface area contributed by atoms with Crippen LogP contribution in [0.2, 0.25) is 10.0 Å². The van der Waals surface area contributed by atoms with Crippen molar-refractivity contribution in [2.45, 2.75) is 20.3 Å². The van der Waals surface area contributed by atoms with Crippen LogP contribution in [0, 0.1) is 5.41 Å². The fourth-order valence-corrected chi connectivity index (χ4v) is 2.43. The summed E-state index contributed by atoms with van der Waals surface area (Å²) in [6, 6.07) is 15.1. The molecular weight excluding hydrogens is 305 g/mol. The Morgan fingerprint density at radius 2 is 1.71 bits per heavy atom. The van der Waals surface area contributed by atoms with Gasteiger partial charge < -0.3 is 5.32 Å². The molecule has 2 aromatic rings. The van der Waals surface area contributed by atoms with Gasteiger partial charge in [0.15, 0.2) is 0 Å². The van der Waals surface area contributed by atoms with E-state index >= 15 is 0 Å². The van der Waals surface area contributed by atoms with Gasteiger partial charge in [0.05, 0.1) is 15.7 Å². The first-order chi connectivity index (χ1) is 9.90. The number of rotatable bonds is 4. The topological polar surface area (TPSA) is 29.1 Å². The van der Waals surface area contributed by atoms with Crippen LogP contribution >= 0.6 is 23.2 Å². The molecule has 4 heteroatoms. The zero-order valence-corrected chi connectivity index (χ0v) is 13.5. The number of benzene rings is 2. The highest BCUT2D eigenvalue weighted by atomic mass is 35.5. The molecule has 2 rings (SSSR count). The van der Waals surface area contributed by atoms with Crippen LogP contribution in [-0.2, 0) is 11.2 Å². The molecule has 0 saturated carbocycles. The lowest BCUT2D eigenvalue weighted by atomic mass is 9.84. The Kier molecular flexibility index (Phi) is 4.92. The van der Waals surface area contributed by atoms with Crippen LogP contribution in [0.3, 0.4) is 0 Å². The molecule has 0 saturated heterocycles. The number of hydrogen-bond donors (Lipinski definition) is 1. The minimum absolute atomic E-state index is 0.0875. The number of halogens is 2. The summed E-state index contributed by atoms with van der Waals surface area (Å²) in [4.78, 5) is 12.5. The molecule has 0 aromatic heterocycles. The van der Waals surface area contributed by atoms with E-state index in [-0.39, 0.29) is 5.91 Å². The maximum absolute atomic E-state index is 12.5. The van der Waals surface area contributed by atoms with E-state index < -0.39 is 5.41 Å². The highest BCUT2D eigenvalue weighted by molar-refractivity contribution is 6.44. The van der Waals surface area contributed by atoms with E-state index in [1.165, 1.54) is 0 Å². The molecule has 0 radical (unpaired) electrons. The van der Waals surface area contributed by atoms with Gasteiger partial charge in [-0.1, -0.05) is 73.4 Å². The first kappa shape index (κ1) is 15.9. The lowest BCUT2D eigenvalue weighted by Gasteiger charge is -2.24. The molecule has 2 nitrogen and oxygen atoms in total. The van der Waals surface area contributed by atoms with Crippen LogP contribution in [0.15, 0.2) is 48.5 Å². The third-order valence-electron chi connectivity index (χ3n) is 3.30. The lowest BCUT2D eigenvalue weighted by Crippen LogP contribution is -2.32. The molecule has 0 bridgehead atoms. The van der Waals surface area contributed by atoms with Crippen LogP contribution in [-0.4, -0.2) is 5.91 Å². The van der Waals surface area contributed by atoms with E-state index in [0.717, 1.165) is 5.56 Å². The molecule has 0 atom stereocenters. The average molecular weight is 322 g/mol. The predicted molar refractivity (Wildman–Crippen MR) is 89.0 cm³/mol. The summed E-state index contributed by atoms with van der Waals surface area (Å²) in [6.07, 6.45) is 0.651. The van der Waals surface area contributed by atoms with Crippen molar-refractivity contribution in [1.29, 1.82) is 0 Å². The number of carbonyl (C=O) groups is 1. The Morgan fingerprint density at radius 3 is 2.38 bits per heavy atom. The lowest BCUT2D eigenvalue weighted by molar-refractivity contribution is -0.123. The van der Waals surface area contributed by atoms with Gasteiger partial charge in [-0.05, 0) is 24.1 Å². The molecule has 0 aliphatic heterocycles. The van der Waals surface area contributed by atoms with Gasteiger partial charge in [0, 0.05) is 5.41 Å². The Hall–Kier alpha value is -1.51. The Morgan fingerprint density at radius 1 is 1.05 bits per heavy atom. The van der Waals surface area contributed by atoms with Crippen molar-refractivity contribution in [3.8, 4) is 0 Å². The van der Waals surface area contributed by atoms with Crippen molar-refractivity contribution >= 4 is 34.8 Å². The van der Waals surface area contributed by atoms with Gasteiger partial charge in [0.1, 0.15) is 0 Å².